The van der Waals surface area contributed by atoms with Crippen LogP contribution < -0.4 is 0 Å². The summed E-state index contributed by atoms with van der Waals surface area (Å²) in [5.41, 5.74) is 4.24. The van der Waals surface area contributed by atoms with Gasteiger partial charge in [0.25, 0.3) is 0 Å². The maximum Gasteiger partial charge on any atom is 0.241 e. The molecule has 2 aromatic carbocycles. The number of nitriles is 1. The highest BCUT2D eigenvalue weighted by atomic mass is 16.5. The van der Waals surface area contributed by atoms with E-state index in [4.69, 9.17) is 9.78 Å². The molecule has 154 valence electrons. The molecule has 1 aromatic heterocycles. The zero-order chi connectivity index (χ0) is 20.9. The van der Waals surface area contributed by atoms with Gasteiger partial charge in [0.1, 0.15) is 0 Å². The van der Waals surface area contributed by atoms with Crippen LogP contribution in [0, 0.1) is 11.3 Å². The van der Waals surface area contributed by atoms with Gasteiger partial charge in [-0.1, -0.05) is 55.4 Å². The summed E-state index contributed by atoms with van der Waals surface area (Å²) in [5, 5.41) is 13.1. The number of rotatable bonds is 6. The van der Waals surface area contributed by atoms with Crippen molar-refractivity contribution in [1.82, 2.24) is 19.9 Å². The van der Waals surface area contributed by atoms with Crippen molar-refractivity contribution in [3.63, 3.8) is 0 Å². The second kappa shape index (κ2) is 9.21. The fraction of sp³-hybridized carbons (Fsp3) is 0.375. The predicted molar refractivity (Wildman–Crippen MR) is 116 cm³/mol. The first-order chi connectivity index (χ1) is 14.6. The number of piperazine rings is 1. The Morgan fingerprint density at radius 3 is 2.17 bits per heavy atom. The lowest BCUT2D eigenvalue weighted by Gasteiger charge is -2.33. The molecule has 2 heterocycles. The lowest BCUT2D eigenvalue weighted by atomic mass is 10.0. The minimum Gasteiger partial charge on any atom is -0.338 e. The van der Waals surface area contributed by atoms with Gasteiger partial charge in [-0.05, 0) is 29.2 Å². The van der Waals surface area contributed by atoms with E-state index in [1.54, 1.807) is 0 Å². The van der Waals surface area contributed by atoms with E-state index in [0.717, 1.165) is 38.3 Å². The fourth-order valence-corrected chi connectivity index (χ4v) is 3.69. The Bertz CT molecular complexity index is 993. The normalized spacial score (nSPS) is 15.4. The summed E-state index contributed by atoms with van der Waals surface area (Å²) in [6, 6.07) is 18.4. The van der Waals surface area contributed by atoms with Crippen molar-refractivity contribution in [1.29, 1.82) is 5.26 Å². The van der Waals surface area contributed by atoms with Gasteiger partial charge in [-0.2, -0.15) is 10.2 Å². The Hall–Kier alpha value is -3.01. The van der Waals surface area contributed by atoms with E-state index in [0.29, 0.717) is 29.7 Å². The average molecular weight is 402 g/mol. The van der Waals surface area contributed by atoms with Crippen LogP contribution in [0.1, 0.15) is 42.3 Å². The minimum atomic E-state index is 0.510. The maximum atomic E-state index is 8.91. The third-order valence-electron chi connectivity index (χ3n) is 5.62. The zero-order valence-corrected chi connectivity index (χ0v) is 17.6. The summed E-state index contributed by atoms with van der Waals surface area (Å²) in [5.74, 6) is 1.83. The smallest absolute Gasteiger partial charge is 0.241 e. The summed E-state index contributed by atoms with van der Waals surface area (Å²) in [7, 11) is 0. The van der Waals surface area contributed by atoms with Crippen LogP contribution in [0.4, 0.5) is 0 Å². The van der Waals surface area contributed by atoms with Crippen LogP contribution in [0.2, 0.25) is 0 Å². The third kappa shape index (κ3) is 4.93. The molecule has 6 heteroatoms. The first-order valence-electron chi connectivity index (χ1n) is 10.5. The van der Waals surface area contributed by atoms with Crippen molar-refractivity contribution >= 4 is 0 Å². The van der Waals surface area contributed by atoms with E-state index in [1.807, 2.05) is 24.3 Å². The number of benzene rings is 2. The maximum absolute atomic E-state index is 8.91. The zero-order valence-electron chi connectivity index (χ0n) is 17.6. The monoisotopic (exact) mass is 401 g/mol. The molecule has 3 aromatic rings. The molecule has 1 fully saturated rings. The van der Waals surface area contributed by atoms with Gasteiger partial charge in [0.05, 0.1) is 18.2 Å². The van der Waals surface area contributed by atoms with Gasteiger partial charge in [-0.15, -0.1) is 0 Å². The summed E-state index contributed by atoms with van der Waals surface area (Å²) < 4.78 is 5.50. The minimum absolute atomic E-state index is 0.510. The summed E-state index contributed by atoms with van der Waals surface area (Å²) in [6.45, 7) is 9.90. The highest BCUT2D eigenvalue weighted by Gasteiger charge is 2.19. The number of hydrogen-bond donors (Lipinski definition) is 0. The Kier molecular flexibility index (Phi) is 6.22. The summed E-state index contributed by atoms with van der Waals surface area (Å²) >= 11 is 0. The Morgan fingerprint density at radius 2 is 1.57 bits per heavy atom. The van der Waals surface area contributed by atoms with E-state index in [2.05, 4.69) is 64.1 Å². The molecule has 0 spiro atoms. The molecule has 1 aliphatic heterocycles. The molecule has 0 N–H and O–H groups in total. The molecule has 1 aliphatic rings. The van der Waals surface area contributed by atoms with E-state index >= 15 is 0 Å². The molecule has 0 bridgehead atoms. The molecule has 30 heavy (non-hydrogen) atoms. The molecule has 6 nitrogen and oxygen atoms in total. The van der Waals surface area contributed by atoms with Gasteiger partial charge >= 0.3 is 0 Å². The topological polar surface area (TPSA) is 69.2 Å². The first kappa shape index (κ1) is 20.3. The van der Waals surface area contributed by atoms with Crippen LogP contribution in [0.25, 0.3) is 11.4 Å². The standard InChI is InChI=1S/C24H27N5O/c1-18(2)21-7-9-22(10-8-21)24-26-23(30-27-24)17-29-13-11-28(12-14-29)16-20-5-3-19(15-25)4-6-20/h3-10,18H,11-14,16-17H2,1-2H3. The molecule has 0 unspecified atom stereocenters. The Morgan fingerprint density at radius 1 is 0.933 bits per heavy atom. The van der Waals surface area contributed by atoms with Crippen molar-refractivity contribution in [2.45, 2.75) is 32.9 Å². The predicted octanol–water partition coefficient (Wildman–Crippen LogP) is 4.05. The van der Waals surface area contributed by atoms with Crippen molar-refractivity contribution in [3.8, 4) is 17.5 Å². The Balaban J connectivity index is 1.28. The van der Waals surface area contributed by atoms with Crippen LogP contribution in [0.5, 0.6) is 0 Å². The summed E-state index contributed by atoms with van der Waals surface area (Å²) in [6.07, 6.45) is 0. The van der Waals surface area contributed by atoms with Crippen LogP contribution in [0.3, 0.4) is 0 Å². The van der Waals surface area contributed by atoms with Crippen LogP contribution in [-0.4, -0.2) is 46.1 Å². The van der Waals surface area contributed by atoms with Gasteiger partial charge in [-0.3, -0.25) is 9.80 Å². The lowest BCUT2D eigenvalue weighted by Crippen LogP contribution is -2.45. The van der Waals surface area contributed by atoms with Gasteiger partial charge in [0.15, 0.2) is 0 Å². The molecule has 0 atom stereocenters. The van der Waals surface area contributed by atoms with Crippen LogP contribution in [-0.2, 0) is 13.1 Å². The largest absolute Gasteiger partial charge is 0.338 e. The number of aromatic nitrogens is 2. The van der Waals surface area contributed by atoms with Gasteiger partial charge in [0, 0.05) is 38.3 Å². The van der Waals surface area contributed by atoms with E-state index in [1.165, 1.54) is 11.1 Å². The SMILES string of the molecule is CC(C)c1ccc(-c2noc(CN3CCN(Cc4ccc(C#N)cc4)CC3)n2)cc1. The second-order valence-electron chi connectivity index (χ2n) is 8.15. The molecular weight excluding hydrogens is 374 g/mol. The van der Waals surface area contributed by atoms with Crippen LogP contribution in [0.15, 0.2) is 53.1 Å². The Labute approximate surface area is 177 Å². The van der Waals surface area contributed by atoms with Gasteiger partial charge in [-0.25, -0.2) is 0 Å². The van der Waals surface area contributed by atoms with Gasteiger partial charge < -0.3 is 4.52 Å². The lowest BCUT2D eigenvalue weighted by molar-refractivity contribution is 0.112. The number of nitrogens with zero attached hydrogens (tertiary/aromatic N) is 5. The van der Waals surface area contributed by atoms with Crippen molar-refractivity contribution in [2.24, 2.45) is 0 Å². The number of hydrogen-bond acceptors (Lipinski definition) is 6. The molecule has 4 rings (SSSR count). The summed E-state index contributed by atoms with van der Waals surface area (Å²) in [4.78, 5) is 9.39. The molecule has 0 aliphatic carbocycles. The van der Waals surface area contributed by atoms with Crippen LogP contribution >= 0.6 is 0 Å². The van der Waals surface area contributed by atoms with E-state index in [-0.39, 0.29) is 0 Å². The highest BCUT2D eigenvalue weighted by Crippen LogP contribution is 2.21. The van der Waals surface area contributed by atoms with E-state index in [9.17, 15) is 0 Å². The van der Waals surface area contributed by atoms with Crippen molar-refractivity contribution in [3.05, 3.63) is 71.1 Å². The van der Waals surface area contributed by atoms with Gasteiger partial charge in [0.2, 0.25) is 11.7 Å². The van der Waals surface area contributed by atoms with Crippen molar-refractivity contribution in [2.75, 3.05) is 26.2 Å². The molecule has 0 saturated carbocycles. The highest BCUT2D eigenvalue weighted by molar-refractivity contribution is 5.54. The van der Waals surface area contributed by atoms with E-state index < -0.39 is 0 Å². The average Bonchev–Trinajstić information content (AvgIpc) is 3.24. The molecule has 0 radical (unpaired) electrons. The second-order valence-corrected chi connectivity index (χ2v) is 8.15. The molecule has 0 amide bonds. The quantitative estimate of drug-likeness (QED) is 0.621. The molecular formula is C24H27N5O. The first-order valence-corrected chi connectivity index (χ1v) is 10.5. The molecule has 1 saturated heterocycles. The van der Waals surface area contributed by atoms with Crippen molar-refractivity contribution < 1.29 is 4.52 Å². The third-order valence-corrected chi connectivity index (χ3v) is 5.62. The fourth-order valence-electron chi connectivity index (χ4n) is 3.69.